The minimum Gasteiger partial charge on any atom is -0.497 e. The molecule has 0 N–H and O–H groups in total. The molecule has 0 atom stereocenters. The summed E-state index contributed by atoms with van der Waals surface area (Å²) >= 11 is 0. The molecule has 11 heteroatoms. The van der Waals surface area contributed by atoms with E-state index >= 15 is 0 Å². The van der Waals surface area contributed by atoms with Crippen LogP contribution in [0, 0.1) is 11.8 Å². The van der Waals surface area contributed by atoms with E-state index < -0.39 is 21.5 Å². The van der Waals surface area contributed by atoms with Gasteiger partial charge in [0, 0.05) is 29.1 Å². The molecule has 0 heterocycles. The lowest BCUT2D eigenvalue weighted by Crippen LogP contribution is -2.36. The summed E-state index contributed by atoms with van der Waals surface area (Å²) in [6.45, 7) is 0. The summed E-state index contributed by atoms with van der Waals surface area (Å²) in [5.74, 6) is 5.32. The molecule has 0 aliphatic heterocycles. The van der Waals surface area contributed by atoms with Crippen LogP contribution in [-0.2, 0) is 14.4 Å². The Morgan fingerprint density at radius 3 is 2.29 bits per heavy atom. The summed E-state index contributed by atoms with van der Waals surface area (Å²) in [6, 6.07) is 14.1. The van der Waals surface area contributed by atoms with Crippen LogP contribution >= 0.6 is 0 Å². The van der Waals surface area contributed by atoms with Gasteiger partial charge in [0.2, 0.25) is 0 Å². The number of benzene rings is 3. The topological polar surface area (TPSA) is 90.0 Å². The van der Waals surface area contributed by atoms with E-state index in [4.69, 9.17) is 4.74 Å². The Kier molecular flexibility index (Phi) is 6.95. The minimum atomic E-state index is -6.07. The van der Waals surface area contributed by atoms with Crippen LogP contribution < -0.4 is 4.74 Å². The van der Waals surface area contributed by atoms with E-state index in [1.807, 2.05) is 0 Å². The summed E-state index contributed by atoms with van der Waals surface area (Å²) < 4.78 is 69.4. The number of carbonyl (C=O) groups is 2. The van der Waals surface area contributed by atoms with Crippen molar-refractivity contribution >= 4 is 33.1 Å². The standard InChI is InChI=1S/C23H16F3NO6S/c1-27(33-34(30,31)23(24,25)26)22(29)20-5-3-4-19-16(10-11-17(14-28)21(19)20)9-6-15-7-12-18(32-2)13-8-15/h3-5,7-8,10-14H,1-2H3. The highest BCUT2D eigenvalue weighted by molar-refractivity contribution is 7.87. The molecule has 0 radical (unpaired) electrons. The van der Waals surface area contributed by atoms with Crippen molar-refractivity contribution in [1.82, 2.24) is 5.06 Å². The number of hydrogen-bond donors (Lipinski definition) is 0. The molecule has 0 aliphatic rings. The van der Waals surface area contributed by atoms with Gasteiger partial charge in [-0.15, -0.1) is 4.28 Å². The number of rotatable bonds is 5. The second-order valence-corrected chi connectivity index (χ2v) is 8.32. The summed E-state index contributed by atoms with van der Waals surface area (Å²) in [5, 5.41) is 0.398. The first kappa shape index (κ1) is 24.8. The SMILES string of the molecule is COc1ccc(C#Cc2ccc(C=O)c3c(C(=O)N(C)OS(=O)(=O)C(F)(F)F)cccc23)cc1. The molecule has 34 heavy (non-hydrogen) atoms. The third-order valence-electron chi connectivity index (χ3n) is 4.64. The van der Waals surface area contributed by atoms with E-state index in [2.05, 4.69) is 16.1 Å². The zero-order valence-electron chi connectivity index (χ0n) is 17.7. The number of fused-ring (bicyclic) bond motifs is 1. The maximum Gasteiger partial charge on any atom is 0.525 e. The second-order valence-electron chi connectivity index (χ2n) is 6.80. The Labute approximate surface area is 192 Å². The van der Waals surface area contributed by atoms with Crippen LogP contribution in [0.3, 0.4) is 0 Å². The van der Waals surface area contributed by atoms with Crippen molar-refractivity contribution in [2.45, 2.75) is 5.51 Å². The van der Waals surface area contributed by atoms with Crippen LogP contribution in [0.4, 0.5) is 13.2 Å². The predicted octanol–water partition coefficient (Wildman–Crippen LogP) is 3.91. The van der Waals surface area contributed by atoms with Crippen molar-refractivity contribution in [2.75, 3.05) is 14.2 Å². The maximum atomic E-state index is 12.8. The van der Waals surface area contributed by atoms with Gasteiger partial charge in [0.25, 0.3) is 5.91 Å². The first-order chi connectivity index (χ1) is 16.0. The number of amides is 1. The monoisotopic (exact) mass is 491 g/mol. The van der Waals surface area contributed by atoms with Crippen LogP contribution in [0.25, 0.3) is 10.8 Å². The molecule has 1 amide bonds. The van der Waals surface area contributed by atoms with Crippen LogP contribution in [0.2, 0.25) is 0 Å². The van der Waals surface area contributed by atoms with Gasteiger partial charge in [0.05, 0.1) is 12.7 Å². The molecule has 0 fully saturated rings. The van der Waals surface area contributed by atoms with Gasteiger partial charge in [-0.2, -0.15) is 21.6 Å². The number of nitrogens with zero attached hydrogens (tertiary/aromatic N) is 1. The summed E-state index contributed by atoms with van der Waals surface area (Å²) in [7, 11) is -3.82. The zero-order valence-corrected chi connectivity index (χ0v) is 18.5. The van der Waals surface area contributed by atoms with Gasteiger partial charge in [-0.05, 0) is 47.9 Å². The molecule has 0 saturated carbocycles. The second kappa shape index (κ2) is 9.54. The van der Waals surface area contributed by atoms with E-state index in [0.717, 1.165) is 7.05 Å². The number of halogens is 3. The highest BCUT2D eigenvalue weighted by Gasteiger charge is 2.49. The molecule has 3 aromatic rings. The van der Waals surface area contributed by atoms with Crippen LogP contribution in [0.1, 0.15) is 31.8 Å². The Morgan fingerprint density at radius 2 is 1.71 bits per heavy atom. The largest absolute Gasteiger partial charge is 0.525 e. The highest BCUT2D eigenvalue weighted by Crippen LogP contribution is 2.29. The van der Waals surface area contributed by atoms with Crippen molar-refractivity contribution in [3.8, 4) is 17.6 Å². The minimum absolute atomic E-state index is 0.0537. The third kappa shape index (κ3) is 5.03. The van der Waals surface area contributed by atoms with Gasteiger partial charge in [-0.3, -0.25) is 9.59 Å². The van der Waals surface area contributed by atoms with Gasteiger partial charge >= 0.3 is 15.6 Å². The average molecular weight is 491 g/mol. The molecular weight excluding hydrogens is 475 g/mol. The molecule has 0 unspecified atom stereocenters. The molecule has 176 valence electrons. The molecule has 0 bridgehead atoms. The highest BCUT2D eigenvalue weighted by atomic mass is 32.2. The summed E-state index contributed by atoms with van der Waals surface area (Å²) in [4.78, 5) is 24.4. The molecule has 0 spiro atoms. The van der Waals surface area contributed by atoms with Crippen molar-refractivity contribution in [2.24, 2.45) is 0 Å². The first-order valence-corrected chi connectivity index (χ1v) is 10.8. The summed E-state index contributed by atoms with van der Waals surface area (Å²) in [6.07, 6.45) is 0.465. The van der Waals surface area contributed by atoms with E-state index in [0.29, 0.717) is 28.5 Å². The Balaban J connectivity index is 2.07. The number of ether oxygens (including phenoxy) is 1. The van der Waals surface area contributed by atoms with Gasteiger partial charge in [0.1, 0.15) is 5.75 Å². The lowest BCUT2D eigenvalue weighted by Gasteiger charge is -2.18. The number of hydrogen-bond acceptors (Lipinski definition) is 6. The van der Waals surface area contributed by atoms with Crippen LogP contribution in [-0.4, -0.2) is 45.3 Å². The predicted molar refractivity (Wildman–Crippen MR) is 116 cm³/mol. The van der Waals surface area contributed by atoms with E-state index in [1.165, 1.54) is 25.3 Å². The van der Waals surface area contributed by atoms with Crippen molar-refractivity contribution in [3.05, 3.63) is 76.9 Å². The molecular formula is C23H16F3NO6S. The molecule has 0 aromatic heterocycles. The van der Waals surface area contributed by atoms with Gasteiger partial charge in [-0.25, -0.2) is 5.06 Å². The molecule has 7 nitrogen and oxygen atoms in total. The number of alkyl halides is 3. The molecule has 0 aliphatic carbocycles. The van der Waals surface area contributed by atoms with Crippen molar-refractivity contribution in [3.63, 3.8) is 0 Å². The molecule has 3 aromatic carbocycles. The van der Waals surface area contributed by atoms with Crippen LogP contribution in [0.5, 0.6) is 5.75 Å². The Bertz CT molecular complexity index is 1420. The fourth-order valence-corrected chi connectivity index (χ4v) is 3.47. The fraction of sp³-hybridized carbons (Fsp3) is 0.130. The molecule has 0 saturated heterocycles. The van der Waals surface area contributed by atoms with Crippen LogP contribution in [0.15, 0.2) is 54.6 Å². The quantitative estimate of drug-likeness (QED) is 0.233. The third-order valence-corrected chi connectivity index (χ3v) is 5.63. The van der Waals surface area contributed by atoms with E-state index in [-0.39, 0.29) is 21.6 Å². The first-order valence-electron chi connectivity index (χ1n) is 9.44. The Morgan fingerprint density at radius 1 is 1.03 bits per heavy atom. The van der Waals surface area contributed by atoms with Crippen molar-refractivity contribution in [1.29, 1.82) is 0 Å². The fourth-order valence-electron chi connectivity index (χ4n) is 3.03. The summed E-state index contributed by atoms with van der Waals surface area (Å²) in [5.41, 5.74) is -4.82. The number of methoxy groups -OCH3 is 1. The maximum absolute atomic E-state index is 12.8. The molecule has 3 rings (SSSR count). The lowest BCUT2D eigenvalue weighted by molar-refractivity contribution is -0.0786. The lowest BCUT2D eigenvalue weighted by atomic mass is 9.95. The Hall–Kier alpha value is -3.88. The average Bonchev–Trinajstić information content (AvgIpc) is 2.80. The smallest absolute Gasteiger partial charge is 0.497 e. The van der Waals surface area contributed by atoms with E-state index in [9.17, 15) is 31.2 Å². The normalized spacial score (nSPS) is 11.4. The zero-order chi connectivity index (χ0) is 25.1. The van der Waals surface area contributed by atoms with Gasteiger partial charge < -0.3 is 4.74 Å². The van der Waals surface area contributed by atoms with Gasteiger partial charge in [0.15, 0.2) is 6.29 Å². The van der Waals surface area contributed by atoms with E-state index in [1.54, 1.807) is 36.4 Å². The van der Waals surface area contributed by atoms with Gasteiger partial charge in [-0.1, -0.05) is 24.0 Å². The number of hydroxylamine groups is 2. The van der Waals surface area contributed by atoms with Crippen molar-refractivity contribution < 1.29 is 40.2 Å². The number of aldehydes is 1. The number of carbonyl (C=O) groups excluding carboxylic acids is 2.